The summed E-state index contributed by atoms with van der Waals surface area (Å²) in [5, 5.41) is 8.59. The highest BCUT2D eigenvalue weighted by molar-refractivity contribution is 8.04. The number of aromatic carboxylic acids is 1. The molecule has 2 amide bonds. The number of carboxylic acid groups (broad SMARTS) is 1. The highest BCUT2D eigenvalue weighted by Crippen LogP contribution is 2.54. The number of para-hydroxylation sites is 1. The van der Waals surface area contributed by atoms with Crippen molar-refractivity contribution >= 4 is 41.2 Å². The zero-order valence-electron chi connectivity index (χ0n) is 15.3. The maximum absolute atomic E-state index is 13.4. The van der Waals surface area contributed by atoms with Gasteiger partial charge in [-0.3, -0.25) is 9.59 Å². The van der Waals surface area contributed by atoms with E-state index in [0.717, 1.165) is 16.7 Å². The third-order valence-electron chi connectivity index (χ3n) is 5.51. The van der Waals surface area contributed by atoms with Gasteiger partial charge in [0, 0.05) is 11.5 Å². The molecule has 0 aliphatic carbocycles. The number of carboxylic acids is 1. The second-order valence-corrected chi connectivity index (χ2v) is 8.30. The Labute approximate surface area is 174 Å². The van der Waals surface area contributed by atoms with Crippen LogP contribution in [-0.4, -0.2) is 34.1 Å². The van der Waals surface area contributed by atoms with Crippen molar-refractivity contribution in [3.05, 3.63) is 70.3 Å². The van der Waals surface area contributed by atoms with Crippen molar-refractivity contribution in [2.45, 2.75) is 11.2 Å². The van der Waals surface area contributed by atoms with Crippen molar-refractivity contribution in [3.8, 4) is 5.75 Å². The Morgan fingerprint density at radius 2 is 1.83 bits per heavy atom. The summed E-state index contributed by atoms with van der Waals surface area (Å²) in [6, 6.07) is 12.5. The van der Waals surface area contributed by atoms with E-state index in [9.17, 15) is 24.3 Å². The Kier molecular flexibility index (Phi) is 3.97. The van der Waals surface area contributed by atoms with Gasteiger partial charge in [0.25, 0.3) is 0 Å². The minimum absolute atomic E-state index is 0.0412. The molecule has 3 heterocycles. The fraction of sp³-hybridized carbons (Fsp3) is 0.143. The van der Waals surface area contributed by atoms with Crippen molar-refractivity contribution in [2.75, 3.05) is 4.90 Å². The van der Waals surface area contributed by atoms with Crippen LogP contribution in [0.2, 0.25) is 0 Å². The number of amides is 2. The zero-order chi connectivity index (χ0) is 21.2. The number of anilines is 1. The lowest BCUT2D eigenvalue weighted by atomic mass is 9.77. The SMILES string of the molecule is NC1=C2C(=O)Oc3ccccc3C2C2C(=O)N(c3cccc(C(=O)O)c3)C(=O)C2S1. The van der Waals surface area contributed by atoms with Crippen LogP contribution in [0.1, 0.15) is 21.8 Å². The second-order valence-electron chi connectivity index (χ2n) is 7.11. The minimum atomic E-state index is -1.17. The predicted octanol–water partition coefficient (Wildman–Crippen LogP) is 1.86. The summed E-state index contributed by atoms with van der Waals surface area (Å²) < 4.78 is 5.37. The topological polar surface area (TPSA) is 127 Å². The summed E-state index contributed by atoms with van der Waals surface area (Å²) in [5.41, 5.74) is 7.06. The number of esters is 1. The molecule has 8 nitrogen and oxygen atoms in total. The number of hydrogen-bond acceptors (Lipinski definition) is 7. The van der Waals surface area contributed by atoms with Crippen LogP contribution in [0.5, 0.6) is 5.75 Å². The molecule has 2 aromatic carbocycles. The first-order valence-electron chi connectivity index (χ1n) is 9.07. The van der Waals surface area contributed by atoms with Crippen molar-refractivity contribution in [1.29, 1.82) is 0 Å². The monoisotopic (exact) mass is 422 g/mol. The van der Waals surface area contributed by atoms with E-state index in [4.69, 9.17) is 10.5 Å². The zero-order valence-corrected chi connectivity index (χ0v) is 16.1. The van der Waals surface area contributed by atoms with Crippen molar-refractivity contribution in [1.82, 2.24) is 0 Å². The predicted molar refractivity (Wildman–Crippen MR) is 107 cm³/mol. The Balaban J connectivity index is 1.64. The van der Waals surface area contributed by atoms with Crippen LogP contribution in [0.15, 0.2) is 59.1 Å². The van der Waals surface area contributed by atoms with E-state index in [0.29, 0.717) is 11.3 Å². The maximum Gasteiger partial charge on any atom is 0.342 e. The van der Waals surface area contributed by atoms with Gasteiger partial charge in [-0.05, 0) is 24.3 Å². The summed E-state index contributed by atoms with van der Waals surface area (Å²) >= 11 is 0.970. The number of thioether (sulfide) groups is 1. The first-order chi connectivity index (χ1) is 14.4. The molecule has 0 saturated carbocycles. The van der Waals surface area contributed by atoms with Crippen LogP contribution in [0.3, 0.4) is 0 Å². The quantitative estimate of drug-likeness (QED) is 0.427. The molecule has 2 aromatic rings. The van der Waals surface area contributed by atoms with Gasteiger partial charge in [-0.15, -0.1) is 0 Å². The molecule has 5 rings (SSSR count). The van der Waals surface area contributed by atoms with E-state index in [1.54, 1.807) is 24.3 Å². The molecule has 1 fully saturated rings. The Morgan fingerprint density at radius 3 is 2.60 bits per heavy atom. The summed E-state index contributed by atoms with van der Waals surface area (Å²) in [6.45, 7) is 0. The van der Waals surface area contributed by atoms with E-state index in [1.807, 2.05) is 0 Å². The molecule has 3 unspecified atom stereocenters. The molecule has 3 aliphatic rings. The fourth-order valence-electron chi connectivity index (χ4n) is 4.24. The number of carbonyl (C=O) groups is 4. The van der Waals surface area contributed by atoms with E-state index in [2.05, 4.69) is 0 Å². The molecule has 1 saturated heterocycles. The molecule has 0 radical (unpaired) electrons. The van der Waals surface area contributed by atoms with Gasteiger partial charge >= 0.3 is 11.9 Å². The molecule has 0 aromatic heterocycles. The highest BCUT2D eigenvalue weighted by Gasteiger charge is 2.58. The Hall–Kier alpha value is -3.59. The summed E-state index contributed by atoms with van der Waals surface area (Å²) in [4.78, 5) is 51.5. The lowest BCUT2D eigenvalue weighted by Crippen LogP contribution is -2.39. The van der Waals surface area contributed by atoms with Crippen molar-refractivity contribution < 1.29 is 29.0 Å². The normalized spacial score (nSPS) is 24.9. The average molecular weight is 422 g/mol. The lowest BCUT2D eigenvalue weighted by molar-refractivity contribution is -0.131. The van der Waals surface area contributed by atoms with Crippen molar-refractivity contribution in [3.63, 3.8) is 0 Å². The Morgan fingerprint density at radius 1 is 1.07 bits per heavy atom. The van der Waals surface area contributed by atoms with Crippen LogP contribution in [-0.2, 0) is 14.4 Å². The number of nitrogens with zero attached hydrogens (tertiary/aromatic N) is 1. The number of benzene rings is 2. The molecule has 150 valence electrons. The van der Waals surface area contributed by atoms with Crippen molar-refractivity contribution in [2.24, 2.45) is 11.7 Å². The van der Waals surface area contributed by atoms with E-state index < -0.39 is 40.8 Å². The molecule has 0 bridgehead atoms. The van der Waals surface area contributed by atoms with Gasteiger partial charge in [0.2, 0.25) is 11.8 Å². The number of carbonyl (C=O) groups excluding carboxylic acids is 3. The molecule has 9 heteroatoms. The molecule has 30 heavy (non-hydrogen) atoms. The van der Waals surface area contributed by atoms with E-state index in [-0.39, 0.29) is 21.9 Å². The van der Waals surface area contributed by atoms with Gasteiger partial charge in [0.05, 0.1) is 27.8 Å². The van der Waals surface area contributed by atoms with Crippen LogP contribution in [0.4, 0.5) is 5.69 Å². The highest BCUT2D eigenvalue weighted by atomic mass is 32.2. The third-order valence-corrected chi connectivity index (χ3v) is 6.74. The number of ether oxygens (including phenoxy) is 1. The summed E-state index contributed by atoms with van der Waals surface area (Å²) in [5.74, 6) is -4.02. The first kappa shape index (κ1) is 18.4. The third kappa shape index (κ3) is 2.48. The van der Waals surface area contributed by atoms with Crippen LogP contribution in [0, 0.1) is 5.92 Å². The van der Waals surface area contributed by atoms with Gasteiger partial charge in [0.15, 0.2) is 0 Å². The van der Waals surface area contributed by atoms with Gasteiger partial charge in [0.1, 0.15) is 11.0 Å². The Bertz CT molecular complexity index is 1190. The van der Waals surface area contributed by atoms with Gasteiger partial charge in [-0.2, -0.15) is 0 Å². The average Bonchev–Trinajstić information content (AvgIpc) is 2.97. The van der Waals surface area contributed by atoms with Gasteiger partial charge in [-0.25, -0.2) is 14.5 Å². The van der Waals surface area contributed by atoms with Crippen LogP contribution >= 0.6 is 11.8 Å². The smallest absolute Gasteiger partial charge is 0.342 e. The number of fused-ring (bicyclic) bond motifs is 5. The minimum Gasteiger partial charge on any atom is -0.478 e. The van der Waals surface area contributed by atoms with Gasteiger partial charge in [-0.1, -0.05) is 36.0 Å². The summed E-state index contributed by atoms with van der Waals surface area (Å²) in [7, 11) is 0. The second kappa shape index (κ2) is 6.46. The molecule has 3 aliphatic heterocycles. The van der Waals surface area contributed by atoms with E-state index in [1.165, 1.54) is 24.3 Å². The molecule has 3 N–H and O–H groups in total. The van der Waals surface area contributed by atoms with Crippen LogP contribution < -0.4 is 15.4 Å². The molecule has 0 spiro atoms. The number of hydrogen-bond donors (Lipinski definition) is 2. The van der Waals surface area contributed by atoms with Crippen LogP contribution in [0.25, 0.3) is 0 Å². The number of nitrogens with two attached hydrogens (primary N) is 1. The number of rotatable bonds is 2. The molecule has 3 atom stereocenters. The van der Waals surface area contributed by atoms with E-state index >= 15 is 0 Å². The fourth-order valence-corrected chi connectivity index (χ4v) is 5.47. The molecular formula is C21H14N2O6S. The number of imide groups is 1. The standard InChI is InChI=1S/C21H14N2O6S/c22-17-15-13(11-6-1-2-7-12(11)29-21(15)28)14-16(30-17)19(25)23(18(14)24)10-5-3-4-9(8-10)20(26)27/h1-8,13-14,16H,22H2,(H,26,27). The maximum atomic E-state index is 13.4. The first-order valence-corrected chi connectivity index (χ1v) is 9.95. The largest absolute Gasteiger partial charge is 0.478 e. The lowest BCUT2D eigenvalue weighted by Gasteiger charge is -2.36. The summed E-state index contributed by atoms with van der Waals surface area (Å²) in [6.07, 6.45) is 0. The van der Waals surface area contributed by atoms with Gasteiger partial charge < -0.3 is 15.6 Å². The molecular weight excluding hydrogens is 408 g/mol.